The van der Waals surface area contributed by atoms with E-state index in [9.17, 15) is 9.59 Å². The maximum absolute atomic E-state index is 11.8. The molecular weight excluding hydrogens is 226 g/mol. The van der Waals surface area contributed by atoms with Crippen molar-refractivity contribution in [3.05, 3.63) is 47.0 Å². The number of fused-ring (bicyclic) bond motifs is 1. The van der Waals surface area contributed by atoms with Gasteiger partial charge in [0.15, 0.2) is 0 Å². The molecule has 2 amide bonds. The number of imide groups is 1. The Morgan fingerprint density at radius 3 is 2.19 bits per heavy atom. The molecule has 0 radical (unpaired) electrons. The van der Waals surface area contributed by atoms with E-state index < -0.39 is 0 Å². The number of carbonyl (C=O) groups excluding carboxylic acids is 2. The summed E-state index contributed by atoms with van der Waals surface area (Å²) in [7, 11) is 0. The van der Waals surface area contributed by atoms with Gasteiger partial charge in [0.1, 0.15) is 0 Å². The summed E-state index contributed by atoms with van der Waals surface area (Å²) in [4.78, 5) is 25.0. The highest BCUT2D eigenvalue weighted by atomic mass is 35.5. The number of rotatable bonds is 3. The lowest BCUT2D eigenvalue weighted by molar-refractivity contribution is 0.0657. The fourth-order valence-electron chi connectivity index (χ4n) is 1.71. The van der Waals surface area contributed by atoms with E-state index in [1.807, 2.05) is 0 Å². The summed E-state index contributed by atoms with van der Waals surface area (Å²) in [6.07, 6.45) is 2.29. The predicted molar refractivity (Wildman–Crippen MR) is 61.4 cm³/mol. The van der Waals surface area contributed by atoms with E-state index in [0.717, 1.165) is 0 Å². The van der Waals surface area contributed by atoms with Crippen LogP contribution < -0.4 is 0 Å². The van der Waals surface area contributed by atoms with Gasteiger partial charge in [-0.25, -0.2) is 0 Å². The first kappa shape index (κ1) is 10.9. The third-order valence-electron chi connectivity index (χ3n) is 2.49. The lowest BCUT2D eigenvalue weighted by Gasteiger charge is -2.11. The predicted octanol–water partition coefficient (Wildman–Crippen LogP) is 2.43. The van der Waals surface area contributed by atoms with Crippen LogP contribution in [0.2, 0.25) is 0 Å². The summed E-state index contributed by atoms with van der Waals surface area (Å²) < 4.78 is 0. The number of halogens is 1. The Hall–Kier alpha value is -1.61. The maximum atomic E-state index is 11.8. The van der Waals surface area contributed by atoms with E-state index >= 15 is 0 Å². The quantitative estimate of drug-likeness (QED) is 0.755. The second-order valence-corrected chi connectivity index (χ2v) is 3.71. The molecule has 1 aliphatic heterocycles. The third-order valence-corrected chi connectivity index (χ3v) is 2.66. The molecule has 3 nitrogen and oxygen atoms in total. The largest absolute Gasteiger partial charge is 0.274 e. The lowest BCUT2D eigenvalue weighted by atomic mass is 10.1. The molecule has 2 rings (SSSR count). The second-order valence-electron chi connectivity index (χ2n) is 3.46. The topological polar surface area (TPSA) is 37.4 Å². The van der Waals surface area contributed by atoms with Gasteiger partial charge in [-0.3, -0.25) is 14.5 Å². The molecule has 0 saturated heterocycles. The maximum Gasteiger partial charge on any atom is 0.261 e. The number of carbonyl (C=O) groups is 2. The molecule has 0 fully saturated rings. The molecule has 0 atom stereocenters. The molecule has 0 aromatic heterocycles. The highest BCUT2D eigenvalue weighted by Crippen LogP contribution is 2.22. The van der Waals surface area contributed by atoms with E-state index in [1.165, 1.54) is 10.4 Å². The molecule has 0 spiro atoms. The first-order chi connectivity index (χ1) is 7.75. The van der Waals surface area contributed by atoms with E-state index in [2.05, 4.69) is 0 Å². The zero-order chi connectivity index (χ0) is 11.5. The van der Waals surface area contributed by atoms with Crippen LogP contribution in [0.1, 0.15) is 27.1 Å². The van der Waals surface area contributed by atoms with E-state index in [1.54, 1.807) is 30.3 Å². The molecule has 0 N–H and O–H groups in total. The van der Waals surface area contributed by atoms with Gasteiger partial charge in [-0.2, -0.15) is 0 Å². The summed E-state index contributed by atoms with van der Waals surface area (Å²) in [5.74, 6) is -0.438. The Bertz CT molecular complexity index is 433. The Morgan fingerprint density at radius 1 is 1.12 bits per heavy atom. The Labute approximate surface area is 98.3 Å². The van der Waals surface area contributed by atoms with Crippen LogP contribution in [0, 0.1) is 0 Å². The number of nitrogens with zero attached hydrogens (tertiary/aromatic N) is 1. The van der Waals surface area contributed by atoms with Gasteiger partial charge in [0.2, 0.25) is 0 Å². The SMILES string of the molecule is O=C1c2ccccc2C(=O)N1CC/C=C/Cl. The molecule has 16 heavy (non-hydrogen) atoms. The summed E-state index contributed by atoms with van der Waals surface area (Å²) in [5.41, 5.74) is 2.36. The average Bonchev–Trinajstić information content (AvgIpc) is 2.55. The van der Waals surface area contributed by atoms with Gasteiger partial charge in [0, 0.05) is 12.1 Å². The fraction of sp³-hybridized carbons (Fsp3) is 0.167. The van der Waals surface area contributed by atoms with Crippen molar-refractivity contribution in [1.29, 1.82) is 0 Å². The average molecular weight is 236 g/mol. The minimum atomic E-state index is -0.219. The minimum absolute atomic E-state index is 0.219. The van der Waals surface area contributed by atoms with E-state index in [4.69, 9.17) is 11.6 Å². The molecule has 1 aromatic carbocycles. The van der Waals surface area contributed by atoms with Crippen molar-refractivity contribution in [2.45, 2.75) is 6.42 Å². The molecule has 1 aromatic rings. The summed E-state index contributed by atoms with van der Waals surface area (Å²) in [6.45, 7) is 0.371. The van der Waals surface area contributed by atoms with Crippen molar-refractivity contribution in [2.75, 3.05) is 6.54 Å². The van der Waals surface area contributed by atoms with Crippen LogP contribution in [0.25, 0.3) is 0 Å². The van der Waals surface area contributed by atoms with Crippen LogP contribution in [-0.2, 0) is 0 Å². The van der Waals surface area contributed by atoms with Gasteiger partial charge in [-0.15, -0.1) is 0 Å². The summed E-state index contributed by atoms with van der Waals surface area (Å²) >= 11 is 5.38. The first-order valence-corrected chi connectivity index (χ1v) is 5.40. The minimum Gasteiger partial charge on any atom is -0.274 e. The second kappa shape index (κ2) is 4.49. The Kier molecular flexibility index (Phi) is 3.06. The van der Waals surface area contributed by atoms with Crippen molar-refractivity contribution >= 4 is 23.4 Å². The number of hydrogen-bond donors (Lipinski definition) is 0. The van der Waals surface area contributed by atoms with Crippen LogP contribution in [0.3, 0.4) is 0 Å². The van der Waals surface area contributed by atoms with Crippen LogP contribution in [-0.4, -0.2) is 23.3 Å². The molecule has 82 valence electrons. The van der Waals surface area contributed by atoms with Crippen LogP contribution >= 0.6 is 11.6 Å². The molecule has 0 aliphatic carbocycles. The van der Waals surface area contributed by atoms with Crippen LogP contribution in [0.4, 0.5) is 0 Å². The van der Waals surface area contributed by atoms with Crippen molar-refractivity contribution in [3.63, 3.8) is 0 Å². The molecule has 0 bridgehead atoms. The summed E-state index contributed by atoms with van der Waals surface area (Å²) in [6, 6.07) is 6.86. The van der Waals surface area contributed by atoms with Crippen molar-refractivity contribution in [3.8, 4) is 0 Å². The lowest BCUT2D eigenvalue weighted by Crippen LogP contribution is -2.30. The normalized spacial score (nSPS) is 14.9. The molecular formula is C12H10ClNO2. The smallest absolute Gasteiger partial charge is 0.261 e. The highest BCUT2D eigenvalue weighted by molar-refractivity contribution is 6.25. The van der Waals surface area contributed by atoms with Crippen molar-refractivity contribution in [2.24, 2.45) is 0 Å². The standard InChI is InChI=1S/C12H10ClNO2/c13-7-3-4-8-14-11(15)9-5-1-2-6-10(9)12(14)16/h1-3,5-7H,4,8H2/b7-3+. The van der Waals surface area contributed by atoms with Crippen LogP contribution in [0.15, 0.2) is 35.9 Å². The van der Waals surface area contributed by atoms with Gasteiger partial charge < -0.3 is 0 Å². The number of amides is 2. The van der Waals surface area contributed by atoms with Gasteiger partial charge in [-0.1, -0.05) is 29.8 Å². The van der Waals surface area contributed by atoms with Crippen LogP contribution in [0.5, 0.6) is 0 Å². The molecule has 0 unspecified atom stereocenters. The van der Waals surface area contributed by atoms with Gasteiger partial charge in [-0.05, 0) is 18.6 Å². The van der Waals surface area contributed by atoms with E-state index in [0.29, 0.717) is 24.1 Å². The number of hydrogen-bond acceptors (Lipinski definition) is 2. The third kappa shape index (κ3) is 1.74. The van der Waals surface area contributed by atoms with Crippen molar-refractivity contribution in [1.82, 2.24) is 4.90 Å². The fourth-order valence-corrected chi connectivity index (χ4v) is 1.83. The zero-order valence-electron chi connectivity index (χ0n) is 8.52. The zero-order valence-corrected chi connectivity index (χ0v) is 9.28. The molecule has 4 heteroatoms. The Morgan fingerprint density at radius 2 is 1.69 bits per heavy atom. The van der Waals surface area contributed by atoms with E-state index in [-0.39, 0.29) is 11.8 Å². The first-order valence-electron chi connectivity index (χ1n) is 4.96. The molecule has 1 aliphatic rings. The number of benzene rings is 1. The highest BCUT2D eigenvalue weighted by Gasteiger charge is 2.34. The van der Waals surface area contributed by atoms with Gasteiger partial charge in [0.25, 0.3) is 11.8 Å². The van der Waals surface area contributed by atoms with Crippen molar-refractivity contribution < 1.29 is 9.59 Å². The molecule has 0 saturated carbocycles. The Balaban J connectivity index is 2.21. The monoisotopic (exact) mass is 235 g/mol. The summed E-state index contributed by atoms with van der Waals surface area (Å²) in [5, 5.41) is 0. The molecule has 1 heterocycles. The van der Waals surface area contributed by atoms with Gasteiger partial charge >= 0.3 is 0 Å². The van der Waals surface area contributed by atoms with Gasteiger partial charge in [0.05, 0.1) is 11.1 Å².